The molecule has 27 nitrogen and oxygen atoms in total. The first kappa shape index (κ1) is 93.6. The molecule has 3 atom stereocenters. The quantitative estimate of drug-likeness (QED) is 0.00995. The summed E-state index contributed by atoms with van der Waals surface area (Å²) in [5, 5.41) is 38.1. The van der Waals surface area contributed by atoms with Crippen molar-refractivity contribution >= 4 is 46.9 Å². The highest BCUT2D eigenvalue weighted by Crippen LogP contribution is 2.41. The Morgan fingerprint density at radius 1 is 0.565 bits per heavy atom. The van der Waals surface area contributed by atoms with Crippen molar-refractivity contribution in [3.8, 4) is 69.2 Å². The monoisotopic (exact) mass is 1570 g/mol. The van der Waals surface area contributed by atoms with Crippen molar-refractivity contribution in [3.63, 3.8) is 0 Å². The number of likely N-dealkylation sites (tertiary alicyclic amines) is 2. The van der Waals surface area contributed by atoms with Crippen molar-refractivity contribution < 1.29 is 52.6 Å². The SMILES string of the molecule is CC(=O)OC(C)(C)C.CC(C)(C)OC(=O)N1CCC[C@@H](NN)C1.CCN(CC)CC.CCO.COC(=C(C#N)C#N)c1ccc(Oc2ccccc2)cc1.[C-]#[N+]c1c(-c2ccc(Oc3ccccc3)cc2)nn(C2CCCN(C(=O)OC(C)(C)C)C2)c1N.[C-]#[N+]c1c(-c2ccc(Oc3ccccc3)cc2)nn(C2CCCNC2)c1N. The number of hydrazine groups is 1. The van der Waals surface area contributed by atoms with Crippen LogP contribution in [-0.2, 0) is 23.7 Å². The van der Waals surface area contributed by atoms with Crippen LogP contribution >= 0.6 is 0 Å². The van der Waals surface area contributed by atoms with Crippen LogP contribution in [0.1, 0.15) is 153 Å². The number of allylic oxidation sites excluding steroid dienone is 1. The van der Waals surface area contributed by atoms with Crippen LogP contribution in [0.15, 0.2) is 169 Å². The average Bonchev–Trinajstić information content (AvgIpc) is 1.65. The highest BCUT2D eigenvalue weighted by Gasteiger charge is 2.32. The first-order valence-electron chi connectivity index (χ1n) is 38.6. The van der Waals surface area contributed by atoms with Gasteiger partial charge in [-0.25, -0.2) is 19.3 Å². The highest BCUT2D eigenvalue weighted by molar-refractivity contribution is 5.84. The number of aliphatic hydroxyl groups is 1. The molecule has 9 N–H and O–H groups in total. The zero-order valence-corrected chi connectivity index (χ0v) is 69.3. The number of nitrogens with two attached hydrogens (primary N) is 3. The van der Waals surface area contributed by atoms with E-state index in [4.69, 9.17) is 84.3 Å². The summed E-state index contributed by atoms with van der Waals surface area (Å²) in [5.74, 6) is 10.5. The lowest BCUT2D eigenvalue weighted by atomic mass is 10.1. The van der Waals surface area contributed by atoms with E-state index < -0.39 is 11.2 Å². The van der Waals surface area contributed by atoms with Crippen molar-refractivity contribution in [2.75, 3.05) is 84.1 Å². The summed E-state index contributed by atoms with van der Waals surface area (Å²) in [6.45, 7) is 49.7. The van der Waals surface area contributed by atoms with E-state index in [0.29, 0.717) is 71.1 Å². The molecule has 0 aliphatic carbocycles. The number of rotatable bonds is 16. The molecule has 614 valence electrons. The minimum absolute atomic E-state index is 0.0609. The second-order valence-corrected chi connectivity index (χ2v) is 29.5. The maximum atomic E-state index is 12.6. The number of amides is 2. The maximum Gasteiger partial charge on any atom is 0.410 e. The van der Waals surface area contributed by atoms with Crippen molar-refractivity contribution in [2.24, 2.45) is 5.84 Å². The second-order valence-electron chi connectivity index (χ2n) is 29.5. The number of nitrogen functional groups attached to an aromatic ring is 2. The molecule has 27 heteroatoms. The van der Waals surface area contributed by atoms with E-state index in [1.165, 1.54) is 33.7 Å². The van der Waals surface area contributed by atoms with Gasteiger partial charge in [0, 0.05) is 57.9 Å². The molecule has 0 bridgehead atoms. The third kappa shape index (κ3) is 31.9. The lowest BCUT2D eigenvalue weighted by Crippen LogP contribution is -2.51. The van der Waals surface area contributed by atoms with Crippen LogP contribution in [0.4, 0.5) is 32.6 Å². The fraction of sp³-hybridized carbons (Fsp3) is 0.420. The van der Waals surface area contributed by atoms with Gasteiger partial charge in [0.05, 0.1) is 32.3 Å². The number of methoxy groups -OCH3 is 1. The van der Waals surface area contributed by atoms with Crippen molar-refractivity contribution in [3.05, 3.63) is 198 Å². The average molecular weight is 1570 g/mol. The summed E-state index contributed by atoms with van der Waals surface area (Å²) < 4.78 is 41.6. The summed E-state index contributed by atoms with van der Waals surface area (Å²) in [6, 6.07) is 54.5. The van der Waals surface area contributed by atoms with E-state index in [2.05, 4.69) is 51.2 Å². The molecule has 8 aromatic rings. The molecule has 115 heavy (non-hydrogen) atoms. The Kier molecular flexibility index (Phi) is 38.7. The van der Waals surface area contributed by atoms with E-state index in [9.17, 15) is 14.4 Å². The minimum Gasteiger partial charge on any atom is -0.494 e. The molecule has 5 heterocycles. The number of aliphatic hydroxyl groups excluding tert-OH is 1. The largest absolute Gasteiger partial charge is 0.494 e. The van der Waals surface area contributed by atoms with Gasteiger partial charge in [-0.15, -0.1) is 0 Å². The summed E-state index contributed by atoms with van der Waals surface area (Å²) in [6.07, 6.45) is 5.09. The van der Waals surface area contributed by atoms with E-state index in [1.807, 2.05) is 219 Å². The molecule has 6 aromatic carbocycles. The molecule has 3 fully saturated rings. The van der Waals surface area contributed by atoms with E-state index in [-0.39, 0.29) is 59.8 Å². The molecule has 3 saturated heterocycles. The predicted molar refractivity (Wildman–Crippen MR) is 451 cm³/mol. The summed E-state index contributed by atoms with van der Waals surface area (Å²) >= 11 is 0. The van der Waals surface area contributed by atoms with Gasteiger partial charge in [0.25, 0.3) is 11.4 Å². The highest BCUT2D eigenvalue weighted by atomic mass is 16.6. The van der Waals surface area contributed by atoms with Crippen LogP contribution in [0.2, 0.25) is 0 Å². The van der Waals surface area contributed by atoms with Gasteiger partial charge in [-0.1, -0.05) is 99.6 Å². The molecule has 2 unspecified atom stereocenters. The van der Waals surface area contributed by atoms with Gasteiger partial charge in [0.15, 0.2) is 11.3 Å². The van der Waals surface area contributed by atoms with Crippen LogP contribution in [-0.4, -0.2) is 153 Å². The Labute approximate surface area is 679 Å². The molecule has 0 radical (unpaired) electrons. The van der Waals surface area contributed by atoms with Gasteiger partial charge in [-0.3, -0.25) is 25.4 Å². The number of nitriles is 2. The lowest BCUT2D eigenvalue weighted by molar-refractivity contribution is -0.151. The first-order chi connectivity index (χ1) is 54.9. The number of nitrogens with zero attached hydrogens (tertiary/aromatic N) is 11. The number of piperidine rings is 3. The number of benzene rings is 6. The third-order valence-corrected chi connectivity index (χ3v) is 17.1. The second kappa shape index (κ2) is 47.5. The minimum atomic E-state index is -0.560. The number of ether oxygens (including phenoxy) is 7. The zero-order chi connectivity index (χ0) is 84.7. The Morgan fingerprint density at radius 2 is 0.930 bits per heavy atom. The Morgan fingerprint density at radius 3 is 1.25 bits per heavy atom. The van der Waals surface area contributed by atoms with Crippen LogP contribution in [0.3, 0.4) is 0 Å². The predicted octanol–water partition coefficient (Wildman–Crippen LogP) is 17.9. The summed E-state index contributed by atoms with van der Waals surface area (Å²) in [4.78, 5) is 47.6. The molecule has 2 aromatic heterocycles. The Balaban J connectivity index is 0.000000262. The smallest absolute Gasteiger partial charge is 0.410 e. The van der Waals surface area contributed by atoms with E-state index in [0.717, 1.165) is 92.3 Å². The van der Waals surface area contributed by atoms with Crippen LogP contribution in [0.25, 0.3) is 38.0 Å². The first-order valence-corrected chi connectivity index (χ1v) is 38.6. The number of anilines is 2. The van der Waals surface area contributed by atoms with Crippen LogP contribution < -0.4 is 42.3 Å². The topological polar surface area (TPSA) is 340 Å². The van der Waals surface area contributed by atoms with Crippen molar-refractivity contribution in [1.82, 2.24) is 45.0 Å². The standard InChI is InChI=1S/C26H29N5O3.C21H21N5O.C17H12N2O2.C10H21N3O2.C6H15N.C6H12O2.C2H6O/c1-26(2,3)34-25(32)30-16-8-9-19(17-30)31-24(27)23(28-4)22(29-31)18-12-14-21(15-13-18)33-20-10-6-5-7-11-20;1-23-20-19(25-26(21(20)22)16-6-5-13-24-14-16)15-9-11-18(12-10-15)27-17-7-3-2-4-8-17;1-20-17(14(11-18)12-19)13-7-9-16(10-8-13)21-15-5-3-2-4-6-15;1-10(2,3)15-9(14)13-6-4-5-8(7-13)12-11;1-4-7(5-2)6-3;1-5(7)8-6(2,3)4;1-2-3/h5-7,10-15,19H,8-9,16-17,27H2,1-3H3;2-4,7-12,16,24H,5-6,13-14,22H2;2-10H,1H3;8,12H,4-7,11H2,1-3H3;4-6H2,1-3H3;1-4H3;3H,2H2,1H3/t;;;8-;;;/m...1.../s1. The number of esters is 1. The van der Waals surface area contributed by atoms with Gasteiger partial charge in [0.2, 0.25) is 0 Å². The lowest BCUT2D eigenvalue weighted by Gasteiger charge is -2.34. The van der Waals surface area contributed by atoms with E-state index in [1.54, 1.807) is 45.7 Å². The Bertz CT molecular complexity index is 4440. The normalized spacial score (nSPS) is 14.8. The number of carbonyl (C=O) groups is 3. The molecular formula is C88H116N16O11. The number of nitrogens with one attached hydrogen (secondary N) is 2. The number of carbonyl (C=O) groups excluding carboxylic acids is 3. The van der Waals surface area contributed by atoms with Gasteiger partial charge in [-0.2, -0.15) is 20.7 Å². The fourth-order valence-corrected chi connectivity index (χ4v) is 11.8. The van der Waals surface area contributed by atoms with Crippen molar-refractivity contribution in [1.29, 1.82) is 10.5 Å². The van der Waals surface area contributed by atoms with Gasteiger partial charge in [0.1, 0.15) is 86.5 Å². The molecule has 2 amide bonds. The van der Waals surface area contributed by atoms with Gasteiger partial charge < -0.3 is 69.7 Å². The Hall–Kier alpha value is -12.0. The van der Waals surface area contributed by atoms with Crippen molar-refractivity contribution in [2.45, 2.75) is 170 Å². The number of para-hydroxylation sites is 3. The van der Waals surface area contributed by atoms with Crippen LogP contribution in [0.5, 0.6) is 34.5 Å². The fourth-order valence-electron chi connectivity index (χ4n) is 11.8. The molecule has 0 saturated carbocycles. The zero-order valence-electron chi connectivity index (χ0n) is 69.3. The molecule has 3 aliphatic rings. The molecular weight excluding hydrogens is 1460 g/mol. The maximum absolute atomic E-state index is 12.6. The molecule has 0 spiro atoms. The third-order valence-electron chi connectivity index (χ3n) is 17.1. The van der Waals surface area contributed by atoms with E-state index >= 15 is 0 Å². The summed E-state index contributed by atoms with van der Waals surface area (Å²) in [5.41, 5.74) is 18.1. The number of aromatic nitrogens is 4. The van der Waals surface area contributed by atoms with Gasteiger partial charge in [-0.05, 0) is 230 Å². The van der Waals surface area contributed by atoms with Crippen LogP contribution in [0, 0.1) is 35.8 Å². The number of hydrogen-bond donors (Lipinski definition) is 6. The summed E-state index contributed by atoms with van der Waals surface area (Å²) in [7, 11) is 1.43. The molecule has 3 aliphatic heterocycles. The van der Waals surface area contributed by atoms with Gasteiger partial charge >= 0.3 is 18.2 Å². The molecule has 11 rings (SSSR count). The number of hydrogen-bond acceptors (Lipinski definition) is 21.